The number of amides is 1. The average molecular weight is 317 g/mol. The second kappa shape index (κ2) is 9.13. The van der Waals surface area contributed by atoms with Crippen LogP contribution in [0.25, 0.3) is 0 Å². The minimum atomic E-state index is -0.265. The fraction of sp³-hybridized carbons (Fsp3) is 0.474. The first-order chi connectivity index (χ1) is 11.1. The number of nitrogens with one attached hydrogen (secondary N) is 1. The molecule has 1 aliphatic heterocycles. The van der Waals surface area contributed by atoms with Gasteiger partial charge in [0.15, 0.2) is 5.78 Å². The molecule has 1 N–H and O–H groups in total. The van der Waals surface area contributed by atoms with Gasteiger partial charge in [-0.25, -0.2) is 0 Å². The van der Waals surface area contributed by atoms with Crippen LogP contribution in [0.3, 0.4) is 0 Å². The van der Waals surface area contributed by atoms with E-state index in [-0.39, 0.29) is 24.0 Å². The van der Waals surface area contributed by atoms with Crippen molar-refractivity contribution in [1.29, 1.82) is 0 Å². The lowest BCUT2D eigenvalue weighted by molar-refractivity contribution is -0.125. The van der Waals surface area contributed by atoms with E-state index in [0.29, 0.717) is 12.0 Å². The van der Waals surface area contributed by atoms with E-state index in [4.69, 9.17) is 4.74 Å². The number of hydrogen-bond donors (Lipinski definition) is 1. The summed E-state index contributed by atoms with van der Waals surface area (Å²) in [6.45, 7) is 9.75. The van der Waals surface area contributed by atoms with Gasteiger partial charge in [0.2, 0.25) is 5.91 Å². The van der Waals surface area contributed by atoms with Crippen LogP contribution in [0, 0.1) is 5.92 Å². The predicted molar refractivity (Wildman–Crippen MR) is 92.7 cm³/mol. The quantitative estimate of drug-likeness (QED) is 0.838. The molecular weight excluding hydrogens is 290 g/mol. The minimum Gasteiger partial charge on any atom is -0.496 e. The van der Waals surface area contributed by atoms with Crippen molar-refractivity contribution in [1.82, 2.24) is 5.32 Å². The summed E-state index contributed by atoms with van der Waals surface area (Å²) in [7, 11) is 1.60. The van der Waals surface area contributed by atoms with Crippen LogP contribution in [-0.2, 0) is 11.2 Å². The third-order valence-electron chi connectivity index (χ3n) is 3.90. The maximum Gasteiger partial charge on any atom is 0.227 e. The number of piperidine rings is 1. The van der Waals surface area contributed by atoms with Gasteiger partial charge < -0.3 is 10.1 Å². The third-order valence-corrected chi connectivity index (χ3v) is 3.90. The maximum absolute atomic E-state index is 12.5. The summed E-state index contributed by atoms with van der Waals surface area (Å²) in [5, 5.41) is 2.73. The fourth-order valence-corrected chi connectivity index (χ4v) is 2.73. The monoisotopic (exact) mass is 317 g/mol. The molecule has 1 atom stereocenters. The van der Waals surface area contributed by atoms with Gasteiger partial charge in [-0.1, -0.05) is 39.5 Å². The lowest BCUT2D eigenvalue weighted by Crippen LogP contribution is -2.35. The number of benzene rings is 1. The highest BCUT2D eigenvalue weighted by Gasteiger charge is 2.27. The molecule has 1 amide bonds. The van der Waals surface area contributed by atoms with E-state index in [0.717, 1.165) is 29.9 Å². The molecule has 1 fully saturated rings. The first-order valence-electron chi connectivity index (χ1n) is 8.24. The number of ketones is 1. The van der Waals surface area contributed by atoms with Crippen molar-refractivity contribution >= 4 is 11.7 Å². The van der Waals surface area contributed by atoms with Crippen LogP contribution < -0.4 is 10.1 Å². The highest BCUT2D eigenvalue weighted by molar-refractivity contribution is 6.00. The minimum absolute atomic E-state index is 0.00147. The van der Waals surface area contributed by atoms with Crippen molar-refractivity contribution < 1.29 is 14.3 Å². The van der Waals surface area contributed by atoms with Crippen LogP contribution in [0.2, 0.25) is 0 Å². The van der Waals surface area contributed by atoms with Crippen molar-refractivity contribution in [3.63, 3.8) is 0 Å². The normalized spacial score (nSPS) is 17.0. The van der Waals surface area contributed by atoms with Crippen LogP contribution in [0.1, 0.15) is 56.0 Å². The van der Waals surface area contributed by atoms with Crippen LogP contribution in [-0.4, -0.2) is 18.8 Å². The van der Waals surface area contributed by atoms with E-state index in [1.165, 1.54) is 0 Å². The summed E-state index contributed by atoms with van der Waals surface area (Å²) in [5.41, 5.74) is 2.30. The van der Waals surface area contributed by atoms with Crippen molar-refractivity contribution in [2.45, 2.75) is 46.5 Å². The summed E-state index contributed by atoms with van der Waals surface area (Å²) in [6.07, 6.45) is 2.38. The Morgan fingerprint density at radius 3 is 2.65 bits per heavy atom. The third kappa shape index (κ3) is 4.68. The molecule has 23 heavy (non-hydrogen) atoms. The van der Waals surface area contributed by atoms with E-state index in [2.05, 4.69) is 11.9 Å². The molecule has 2 rings (SSSR count). The Kier molecular flexibility index (Phi) is 7.52. The number of hydrogen-bond acceptors (Lipinski definition) is 3. The average Bonchev–Trinajstić information content (AvgIpc) is 2.58. The Morgan fingerprint density at radius 2 is 2.09 bits per heavy atom. The number of methoxy groups -OCH3 is 1. The zero-order chi connectivity index (χ0) is 17.4. The molecule has 1 aliphatic rings. The zero-order valence-corrected chi connectivity index (χ0v) is 14.6. The van der Waals surface area contributed by atoms with Gasteiger partial charge in [0.1, 0.15) is 5.75 Å². The van der Waals surface area contributed by atoms with Gasteiger partial charge in [-0.3, -0.25) is 9.59 Å². The molecule has 1 aromatic carbocycles. The molecule has 0 aromatic heterocycles. The molecule has 0 aliphatic carbocycles. The van der Waals surface area contributed by atoms with Gasteiger partial charge >= 0.3 is 0 Å². The molecule has 1 unspecified atom stereocenters. The van der Waals surface area contributed by atoms with Crippen molar-refractivity contribution in [2.24, 2.45) is 5.92 Å². The van der Waals surface area contributed by atoms with Crippen molar-refractivity contribution in [2.75, 3.05) is 7.11 Å². The second-order valence-electron chi connectivity index (χ2n) is 5.30. The van der Waals surface area contributed by atoms with E-state index < -0.39 is 0 Å². The molecule has 0 bridgehead atoms. The Morgan fingerprint density at radius 1 is 1.39 bits per heavy atom. The zero-order valence-electron chi connectivity index (χ0n) is 14.6. The molecule has 4 nitrogen and oxygen atoms in total. The van der Waals surface area contributed by atoms with Crippen LogP contribution in [0.15, 0.2) is 30.5 Å². The Labute approximate surface area is 138 Å². The second-order valence-corrected chi connectivity index (χ2v) is 5.30. The number of carbonyl (C=O) groups is 2. The Balaban J connectivity index is 0.00000127. The number of ether oxygens (including phenoxy) is 1. The number of rotatable bonds is 5. The molecule has 0 spiro atoms. The SMILES string of the molecule is C=C1CCC(CC(=O)c2cccc(OC)c2CC)C(=O)N1.CC. The lowest BCUT2D eigenvalue weighted by Gasteiger charge is -2.23. The molecule has 0 saturated carbocycles. The topological polar surface area (TPSA) is 55.4 Å². The maximum atomic E-state index is 12.5. The first-order valence-corrected chi connectivity index (χ1v) is 8.24. The molecule has 1 heterocycles. The highest BCUT2D eigenvalue weighted by atomic mass is 16.5. The van der Waals surface area contributed by atoms with Gasteiger partial charge in [-0.15, -0.1) is 0 Å². The molecule has 1 aromatic rings. The van der Waals surface area contributed by atoms with Crippen molar-refractivity contribution in [3.8, 4) is 5.75 Å². The molecule has 0 radical (unpaired) electrons. The van der Waals surface area contributed by atoms with Gasteiger partial charge in [0.25, 0.3) is 0 Å². The molecular formula is C19H27NO3. The van der Waals surface area contributed by atoms with Crippen LogP contribution in [0.5, 0.6) is 5.75 Å². The highest BCUT2D eigenvalue weighted by Crippen LogP contribution is 2.27. The summed E-state index contributed by atoms with van der Waals surface area (Å²) in [6, 6.07) is 5.48. The first kappa shape index (κ1) is 18.9. The summed E-state index contributed by atoms with van der Waals surface area (Å²) in [5.74, 6) is 0.364. The smallest absolute Gasteiger partial charge is 0.227 e. The Bertz CT molecular complexity index is 578. The van der Waals surface area contributed by atoms with Gasteiger partial charge in [0, 0.05) is 29.2 Å². The van der Waals surface area contributed by atoms with E-state index in [1.807, 2.05) is 39.0 Å². The van der Waals surface area contributed by atoms with E-state index in [1.54, 1.807) is 7.11 Å². The van der Waals surface area contributed by atoms with Crippen LogP contribution >= 0.6 is 0 Å². The van der Waals surface area contributed by atoms with Gasteiger partial charge in [-0.05, 0) is 25.3 Å². The van der Waals surface area contributed by atoms with E-state index >= 15 is 0 Å². The number of allylic oxidation sites excluding steroid dienone is 1. The summed E-state index contributed by atoms with van der Waals surface area (Å²) >= 11 is 0. The summed E-state index contributed by atoms with van der Waals surface area (Å²) in [4.78, 5) is 24.4. The number of carbonyl (C=O) groups excluding carboxylic acids is 2. The van der Waals surface area contributed by atoms with Crippen molar-refractivity contribution in [3.05, 3.63) is 41.6 Å². The fourth-order valence-electron chi connectivity index (χ4n) is 2.73. The molecule has 126 valence electrons. The molecule has 4 heteroatoms. The largest absolute Gasteiger partial charge is 0.496 e. The number of Topliss-reactive ketones (excluding diaryl/α,β-unsaturated/α-hetero) is 1. The standard InChI is InChI=1S/C17H21NO3.C2H6/c1-4-13-14(6-5-7-16(13)21-3)15(19)10-12-9-8-11(2)18-17(12)20;1-2/h5-7,12H,2,4,8-10H2,1,3H3,(H,18,20);1-2H3. The lowest BCUT2D eigenvalue weighted by atomic mass is 9.88. The summed E-state index contributed by atoms with van der Waals surface area (Å²) < 4.78 is 5.31. The van der Waals surface area contributed by atoms with E-state index in [9.17, 15) is 9.59 Å². The Hall–Kier alpha value is -2.10. The van der Waals surface area contributed by atoms with Gasteiger partial charge in [0.05, 0.1) is 7.11 Å². The van der Waals surface area contributed by atoms with Crippen LogP contribution in [0.4, 0.5) is 0 Å². The molecule has 1 saturated heterocycles. The van der Waals surface area contributed by atoms with Gasteiger partial charge in [-0.2, -0.15) is 0 Å². The predicted octanol–water partition coefficient (Wildman–Crippen LogP) is 3.90.